The molecule has 12 nitrogen and oxygen atoms in total. The molecule has 1 saturated heterocycles. The fraction of sp³-hybridized carbons (Fsp3) is 0.921. The molecule has 7 atom stereocenters. The number of ether oxygens (including phenoxy) is 2. The SMILES string of the molecule is CCCCCCCCCC/C=C/C(O)C(COC1OC(CO)C(O)C(OS(=O)(=O)O)C1O)NC(=O)CCCCCCCCCCCCCCCC. The maximum absolute atomic E-state index is 12.9. The van der Waals surface area contributed by atoms with Crippen molar-refractivity contribution in [3.63, 3.8) is 0 Å². The molecule has 0 saturated carbocycles. The zero-order valence-corrected chi connectivity index (χ0v) is 32.5. The van der Waals surface area contributed by atoms with E-state index in [1.54, 1.807) is 6.08 Å². The maximum Gasteiger partial charge on any atom is 0.397 e. The normalized spacial score (nSPS) is 22.4. The van der Waals surface area contributed by atoms with E-state index in [0.29, 0.717) is 6.42 Å². The Morgan fingerprint density at radius 3 is 1.71 bits per heavy atom. The van der Waals surface area contributed by atoms with Gasteiger partial charge in [0.15, 0.2) is 6.29 Å². The lowest BCUT2D eigenvalue weighted by atomic mass is 9.99. The summed E-state index contributed by atoms with van der Waals surface area (Å²) >= 11 is 0. The van der Waals surface area contributed by atoms with Crippen molar-refractivity contribution in [2.45, 2.75) is 211 Å². The Kier molecular flexibility index (Phi) is 28.3. The van der Waals surface area contributed by atoms with Crippen LogP contribution in [0.15, 0.2) is 12.2 Å². The van der Waals surface area contributed by atoms with E-state index in [0.717, 1.165) is 38.5 Å². The molecule has 0 aromatic carbocycles. The molecule has 302 valence electrons. The summed E-state index contributed by atoms with van der Waals surface area (Å²) < 4.78 is 47.3. The molecule has 1 rings (SSSR count). The number of amides is 1. The standard InChI is InChI=1S/C38H73NO11S/c1-3-5-7-9-11-13-15-16-17-18-20-22-24-26-28-34(42)39-31(32(41)27-25-23-21-19-14-12-10-8-6-4-2)30-48-38-36(44)37(50-51(45,46)47)35(43)33(29-40)49-38/h25,27,31-33,35-38,40-41,43-44H,3-24,26,28-30H2,1-2H3,(H,39,42)(H,45,46,47)/b27-25+. The minimum atomic E-state index is -5.07. The van der Waals surface area contributed by atoms with Gasteiger partial charge >= 0.3 is 10.4 Å². The molecule has 1 fully saturated rings. The molecule has 0 aromatic rings. The van der Waals surface area contributed by atoms with Gasteiger partial charge in [-0.1, -0.05) is 154 Å². The van der Waals surface area contributed by atoms with Crippen LogP contribution in [0.2, 0.25) is 0 Å². The first-order valence-electron chi connectivity index (χ1n) is 20.1. The van der Waals surface area contributed by atoms with Crippen LogP contribution in [0, 0.1) is 0 Å². The van der Waals surface area contributed by atoms with E-state index in [9.17, 15) is 33.6 Å². The largest absolute Gasteiger partial charge is 0.397 e. The van der Waals surface area contributed by atoms with Crippen LogP contribution < -0.4 is 5.32 Å². The van der Waals surface area contributed by atoms with Crippen LogP contribution in [0.4, 0.5) is 0 Å². The van der Waals surface area contributed by atoms with E-state index in [1.165, 1.54) is 103 Å². The Morgan fingerprint density at radius 1 is 0.765 bits per heavy atom. The van der Waals surface area contributed by atoms with Gasteiger partial charge in [-0.15, -0.1) is 0 Å². The highest BCUT2D eigenvalue weighted by molar-refractivity contribution is 7.80. The van der Waals surface area contributed by atoms with Crippen LogP contribution in [0.1, 0.15) is 168 Å². The second-order valence-electron chi connectivity index (χ2n) is 14.2. The third kappa shape index (κ3) is 24.0. The molecule has 1 aliphatic rings. The molecule has 7 unspecified atom stereocenters. The number of carbonyl (C=O) groups excluding carboxylic acids is 1. The lowest BCUT2D eigenvalue weighted by Crippen LogP contribution is -2.61. The zero-order chi connectivity index (χ0) is 37.7. The highest BCUT2D eigenvalue weighted by Crippen LogP contribution is 2.26. The van der Waals surface area contributed by atoms with E-state index in [-0.39, 0.29) is 18.9 Å². The molecule has 1 aliphatic heterocycles. The Balaban J connectivity index is 2.60. The fourth-order valence-corrected chi connectivity index (χ4v) is 6.90. The maximum atomic E-state index is 12.9. The first kappa shape index (κ1) is 47.9. The van der Waals surface area contributed by atoms with Crippen molar-refractivity contribution in [1.29, 1.82) is 0 Å². The van der Waals surface area contributed by atoms with Crippen molar-refractivity contribution >= 4 is 16.3 Å². The second kappa shape index (κ2) is 30.2. The lowest BCUT2D eigenvalue weighted by molar-refractivity contribution is -0.298. The number of hydrogen-bond acceptors (Lipinski definition) is 10. The van der Waals surface area contributed by atoms with Gasteiger partial charge in [0.25, 0.3) is 0 Å². The summed E-state index contributed by atoms with van der Waals surface area (Å²) in [4.78, 5) is 12.9. The number of hydrogen-bond donors (Lipinski definition) is 6. The van der Waals surface area contributed by atoms with Crippen LogP contribution in [0.5, 0.6) is 0 Å². The van der Waals surface area contributed by atoms with Gasteiger partial charge in [0.05, 0.1) is 25.4 Å². The molecule has 0 bridgehead atoms. The summed E-state index contributed by atoms with van der Waals surface area (Å²) in [6, 6.07) is -0.935. The Bertz CT molecular complexity index is 983. The van der Waals surface area contributed by atoms with Gasteiger partial charge in [0.1, 0.15) is 24.4 Å². The number of rotatable bonds is 33. The summed E-state index contributed by atoms with van der Waals surface area (Å²) in [5.74, 6) is -0.264. The highest BCUT2D eigenvalue weighted by Gasteiger charge is 2.48. The molecule has 0 radical (unpaired) electrons. The van der Waals surface area contributed by atoms with Crippen LogP contribution >= 0.6 is 0 Å². The number of allylic oxidation sites excluding steroid dienone is 1. The van der Waals surface area contributed by atoms with Crippen molar-refractivity contribution < 1.29 is 51.8 Å². The summed E-state index contributed by atoms with van der Waals surface area (Å²) in [6.45, 7) is 3.34. The smallest absolute Gasteiger partial charge is 0.394 e. The van der Waals surface area contributed by atoms with E-state index >= 15 is 0 Å². The summed E-state index contributed by atoms with van der Waals surface area (Å²) in [6.07, 6.45) is 21.2. The Hall–Kier alpha value is -1.16. The molecule has 1 heterocycles. The predicted molar refractivity (Wildman–Crippen MR) is 199 cm³/mol. The molecular weight excluding hydrogens is 678 g/mol. The molecule has 6 N–H and O–H groups in total. The van der Waals surface area contributed by atoms with Crippen molar-refractivity contribution in [3.8, 4) is 0 Å². The van der Waals surface area contributed by atoms with E-state index in [1.807, 2.05) is 6.08 Å². The second-order valence-corrected chi connectivity index (χ2v) is 15.3. The topological polar surface area (TPSA) is 192 Å². The number of aliphatic hydroxyl groups excluding tert-OH is 4. The Labute approximate surface area is 309 Å². The van der Waals surface area contributed by atoms with Crippen LogP contribution in [-0.4, -0.2) is 95.4 Å². The molecule has 0 spiro atoms. The first-order chi connectivity index (χ1) is 24.5. The van der Waals surface area contributed by atoms with Gasteiger partial charge in [0, 0.05) is 6.42 Å². The fourth-order valence-electron chi connectivity index (χ4n) is 6.39. The molecule has 0 aliphatic carbocycles. The monoisotopic (exact) mass is 751 g/mol. The van der Waals surface area contributed by atoms with E-state index in [2.05, 4.69) is 23.3 Å². The molecule has 51 heavy (non-hydrogen) atoms. The predicted octanol–water partition coefficient (Wildman–Crippen LogP) is 6.43. The van der Waals surface area contributed by atoms with Gasteiger partial charge < -0.3 is 35.2 Å². The van der Waals surface area contributed by atoms with Gasteiger partial charge in [-0.3, -0.25) is 9.35 Å². The summed E-state index contributed by atoms with van der Waals surface area (Å²) in [5, 5.41) is 44.4. The Morgan fingerprint density at radius 2 is 1.24 bits per heavy atom. The van der Waals surface area contributed by atoms with Gasteiger partial charge in [-0.2, -0.15) is 8.42 Å². The highest BCUT2D eigenvalue weighted by atomic mass is 32.3. The molecule has 1 amide bonds. The van der Waals surface area contributed by atoms with Crippen molar-refractivity contribution in [3.05, 3.63) is 12.2 Å². The average molecular weight is 752 g/mol. The van der Waals surface area contributed by atoms with Crippen LogP contribution in [-0.2, 0) is 28.9 Å². The third-order valence-corrected chi connectivity index (χ3v) is 10.0. The number of unbranched alkanes of at least 4 members (excludes halogenated alkanes) is 21. The molecule has 0 aromatic heterocycles. The number of carbonyl (C=O) groups is 1. The molecular formula is C38H73NO11S. The lowest BCUT2D eigenvalue weighted by Gasteiger charge is -2.41. The van der Waals surface area contributed by atoms with Crippen molar-refractivity contribution in [2.24, 2.45) is 0 Å². The number of aliphatic hydroxyl groups is 4. The van der Waals surface area contributed by atoms with Gasteiger partial charge in [0.2, 0.25) is 5.91 Å². The van der Waals surface area contributed by atoms with E-state index in [4.69, 9.17) is 14.0 Å². The zero-order valence-electron chi connectivity index (χ0n) is 31.7. The minimum absolute atomic E-state index is 0.264. The number of nitrogens with one attached hydrogen (secondary N) is 1. The third-order valence-electron chi connectivity index (χ3n) is 9.57. The first-order valence-corrected chi connectivity index (χ1v) is 21.4. The van der Waals surface area contributed by atoms with Gasteiger partial charge in [-0.05, 0) is 19.3 Å². The minimum Gasteiger partial charge on any atom is -0.394 e. The quantitative estimate of drug-likeness (QED) is 0.0246. The van der Waals surface area contributed by atoms with Crippen LogP contribution in [0.3, 0.4) is 0 Å². The van der Waals surface area contributed by atoms with Crippen molar-refractivity contribution in [1.82, 2.24) is 5.32 Å². The average Bonchev–Trinajstić information content (AvgIpc) is 3.09. The van der Waals surface area contributed by atoms with Crippen LogP contribution in [0.25, 0.3) is 0 Å². The summed E-state index contributed by atoms with van der Waals surface area (Å²) in [5.41, 5.74) is 0. The van der Waals surface area contributed by atoms with Gasteiger partial charge in [-0.25, -0.2) is 4.18 Å². The van der Waals surface area contributed by atoms with Crippen molar-refractivity contribution in [2.75, 3.05) is 13.2 Å². The van der Waals surface area contributed by atoms with E-state index < -0.39 is 59.9 Å². The molecule has 13 heteroatoms. The summed E-state index contributed by atoms with van der Waals surface area (Å²) in [7, 11) is -5.07.